The van der Waals surface area contributed by atoms with Gasteiger partial charge in [-0.1, -0.05) is 12.1 Å². The van der Waals surface area contributed by atoms with Crippen LogP contribution < -0.4 is 10.1 Å². The van der Waals surface area contributed by atoms with Crippen LogP contribution in [0.4, 0.5) is 0 Å². The van der Waals surface area contributed by atoms with Gasteiger partial charge in [-0.2, -0.15) is 11.8 Å². The van der Waals surface area contributed by atoms with Crippen LogP contribution in [0.2, 0.25) is 0 Å². The van der Waals surface area contributed by atoms with Gasteiger partial charge in [0.2, 0.25) is 0 Å². The van der Waals surface area contributed by atoms with Gasteiger partial charge in [0, 0.05) is 19.0 Å². The predicted octanol–water partition coefficient (Wildman–Crippen LogP) is 2.85. The summed E-state index contributed by atoms with van der Waals surface area (Å²) in [4.78, 5) is 0. The molecule has 2 nitrogen and oxygen atoms in total. The smallest absolute Gasteiger partial charge is 0.122 e. The van der Waals surface area contributed by atoms with Crippen molar-refractivity contribution in [2.45, 2.75) is 32.4 Å². The fourth-order valence-corrected chi connectivity index (χ4v) is 2.63. The summed E-state index contributed by atoms with van der Waals surface area (Å²) in [6.07, 6.45) is 4.45. The molecule has 17 heavy (non-hydrogen) atoms. The summed E-state index contributed by atoms with van der Waals surface area (Å²) in [5.41, 5.74) is 2.73. The van der Waals surface area contributed by atoms with Crippen LogP contribution in [0.1, 0.15) is 24.5 Å². The van der Waals surface area contributed by atoms with E-state index in [0.717, 1.165) is 25.3 Å². The Morgan fingerprint density at radius 1 is 1.47 bits per heavy atom. The molecule has 94 valence electrons. The Kier molecular flexibility index (Phi) is 4.75. The summed E-state index contributed by atoms with van der Waals surface area (Å²) in [6.45, 7) is 4.06. The van der Waals surface area contributed by atoms with E-state index in [0.29, 0.717) is 6.04 Å². The van der Waals surface area contributed by atoms with Crippen LogP contribution >= 0.6 is 11.8 Å². The molecule has 0 aliphatic carbocycles. The normalized spacial score (nSPS) is 15.4. The van der Waals surface area contributed by atoms with Gasteiger partial charge in [-0.3, -0.25) is 0 Å². The summed E-state index contributed by atoms with van der Waals surface area (Å²) in [5.74, 6) is 2.30. The Labute approximate surface area is 108 Å². The SMILES string of the molecule is CSCCC(C)NCc1ccc2c(c1)CCO2. The summed E-state index contributed by atoms with van der Waals surface area (Å²) in [6, 6.07) is 7.13. The lowest BCUT2D eigenvalue weighted by Crippen LogP contribution is -2.25. The summed E-state index contributed by atoms with van der Waals surface area (Å²) in [5, 5.41) is 3.57. The first-order chi connectivity index (χ1) is 8.29. The molecular formula is C14H21NOS. The van der Waals surface area contributed by atoms with Crippen molar-refractivity contribution < 1.29 is 4.74 Å². The second-order valence-electron chi connectivity index (χ2n) is 4.60. The minimum absolute atomic E-state index is 0.590. The van der Waals surface area contributed by atoms with Gasteiger partial charge in [0.1, 0.15) is 5.75 Å². The lowest BCUT2D eigenvalue weighted by Gasteiger charge is -2.13. The van der Waals surface area contributed by atoms with E-state index in [1.807, 2.05) is 11.8 Å². The number of fused-ring (bicyclic) bond motifs is 1. The third-order valence-corrected chi connectivity index (χ3v) is 3.81. The number of hydrogen-bond donors (Lipinski definition) is 1. The fourth-order valence-electron chi connectivity index (χ4n) is 2.04. The molecule has 1 N–H and O–H groups in total. The van der Waals surface area contributed by atoms with E-state index in [-0.39, 0.29) is 0 Å². The van der Waals surface area contributed by atoms with Crippen molar-refractivity contribution in [1.29, 1.82) is 0 Å². The molecule has 0 aromatic heterocycles. The quantitative estimate of drug-likeness (QED) is 0.840. The van der Waals surface area contributed by atoms with Gasteiger partial charge in [0.15, 0.2) is 0 Å². The lowest BCUT2D eigenvalue weighted by atomic mass is 10.1. The molecule has 0 saturated carbocycles. The van der Waals surface area contributed by atoms with Gasteiger partial charge < -0.3 is 10.1 Å². The highest BCUT2D eigenvalue weighted by Gasteiger charge is 2.12. The Bertz CT molecular complexity index is 367. The maximum Gasteiger partial charge on any atom is 0.122 e. The summed E-state index contributed by atoms with van der Waals surface area (Å²) < 4.78 is 5.51. The molecule has 1 heterocycles. The maximum absolute atomic E-state index is 5.51. The van der Waals surface area contributed by atoms with Crippen molar-refractivity contribution in [3.05, 3.63) is 29.3 Å². The maximum atomic E-state index is 5.51. The standard InChI is InChI=1S/C14H21NOS/c1-11(6-8-17-2)15-10-12-3-4-14-13(9-12)5-7-16-14/h3-4,9,11,15H,5-8,10H2,1-2H3. The van der Waals surface area contributed by atoms with Gasteiger partial charge in [-0.15, -0.1) is 0 Å². The van der Waals surface area contributed by atoms with E-state index < -0.39 is 0 Å². The van der Waals surface area contributed by atoms with E-state index in [1.165, 1.54) is 23.3 Å². The molecular weight excluding hydrogens is 230 g/mol. The zero-order chi connectivity index (χ0) is 12.1. The highest BCUT2D eigenvalue weighted by Crippen LogP contribution is 2.25. The highest BCUT2D eigenvalue weighted by molar-refractivity contribution is 7.98. The van der Waals surface area contributed by atoms with Crippen LogP contribution in [0.3, 0.4) is 0 Å². The van der Waals surface area contributed by atoms with E-state index in [9.17, 15) is 0 Å². The van der Waals surface area contributed by atoms with E-state index in [4.69, 9.17) is 4.74 Å². The van der Waals surface area contributed by atoms with Gasteiger partial charge in [0.05, 0.1) is 6.61 Å². The minimum atomic E-state index is 0.590. The van der Waals surface area contributed by atoms with Crippen LogP contribution in [-0.2, 0) is 13.0 Å². The number of ether oxygens (including phenoxy) is 1. The van der Waals surface area contributed by atoms with Crippen molar-refractivity contribution in [3.8, 4) is 5.75 Å². The Morgan fingerprint density at radius 3 is 3.18 bits per heavy atom. The van der Waals surface area contributed by atoms with E-state index in [1.54, 1.807) is 0 Å². The van der Waals surface area contributed by atoms with Crippen LogP contribution in [0, 0.1) is 0 Å². The van der Waals surface area contributed by atoms with Crippen molar-refractivity contribution in [1.82, 2.24) is 5.32 Å². The van der Waals surface area contributed by atoms with Gasteiger partial charge in [-0.05, 0) is 42.5 Å². The Balaban J connectivity index is 1.83. The number of thioether (sulfide) groups is 1. The van der Waals surface area contributed by atoms with Crippen LogP contribution in [-0.4, -0.2) is 24.7 Å². The lowest BCUT2D eigenvalue weighted by molar-refractivity contribution is 0.357. The largest absolute Gasteiger partial charge is 0.493 e. The molecule has 1 aliphatic heterocycles. The molecule has 0 fully saturated rings. The molecule has 0 amide bonds. The predicted molar refractivity (Wildman–Crippen MR) is 74.9 cm³/mol. The zero-order valence-electron chi connectivity index (χ0n) is 10.7. The first kappa shape index (κ1) is 12.8. The average molecular weight is 251 g/mol. The molecule has 0 saturated heterocycles. The molecule has 1 aromatic rings. The van der Waals surface area contributed by atoms with Crippen molar-refractivity contribution in [3.63, 3.8) is 0 Å². The zero-order valence-corrected chi connectivity index (χ0v) is 11.5. The molecule has 0 radical (unpaired) electrons. The number of hydrogen-bond acceptors (Lipinski definition) is 3. The van der Waals surface area contributed by atoms with Crippen LogP contribution in [0.15, 0.2) is 18.2 Å². The van der Waals surface area contributed by atoms with Gasteiger partial charge in [0.25, 0.3) is 0 Å². The van der Waals surface area contributed by atoms with Crippen LogP contribution in [0.25, 0.3) is 0 Å². The first-order valence-corrected chi connectivity index (χ1v) is 7.66. The molecule has 1 aromatic carbocycles. The van der Waals surface area contributed by atoms with Crippen molar-refractivity contribution >= 4 is 11.8 Å². The molecule has 1 aliphatic rings. The van der Waals surface area contributed by atoms with Crippen molar-refractivity contribution in [2.75, 3.05) is 18.6 Å². The topological polar surface area (TPSA) is 21.3 Å². The second-order valence-corrected chi connectivity index (χ2v) is 5.59. The summed E-state index contributed by atoms with van der Waals surface area (Å²) >= 11 is 1.91. The number of benzene rings is 1. The first-order valence-electron chi connectivity index (χ1n) is 6.26. The Hall–Kier alpha value is -0.670. The molecule has 1 atom stereocenters. The molecule has 1 unspecified atom stereocenters. The summed E-state index contributed by atoms with van der Waals surface area (Å²) in [7, 11) is 0. The second kappa shape index (κ2) is 6.31. The molecule has 2 rings (SSSR count). The monoisotopic (exact) mass is 251 g/mol. The third kappa shape index (κ3) is 3.65. The number of nitrogens with one attached hydrogen (secondary N) is 1. The van der Waals surface area contributed by atoms with Crippen molar-refractivity contribution in [2.24, 2.45) is 0 Å². The molecule has 0 spiro atoms. The number of rotatable bonds is 6. The Morgan fingerprint density at radius 2 is 2.35 bits per heavy atom. The highest BCUT2D eigenvalue weighted by atomic mass is 32.2. The third-order valence-electron chi connectivity index (χ3n) is 3.16. The van der Waals surface area contributed by atoms with E-state index in [2.05, 4.69) is 36.7 Å². The van der Waals surface area contributed by atoms with Gasteiger partial charge in [-0.25, -0.2) is 0 Å². The fraction of sp³-hybridized carbons (Fsp3) is 0.571. The average Bonchev–Trinajstić information content (AvgIpc) is 2.81. The minimum Gasteiger partial charge on any atom is -0.493 e. The van der Waals surface area contributed by atoms with Crippen LogP contribution in [0.5, 0.6) is 5.75 Å². The van der Waals surface area contributed by atoms with Gasteiger partial charge >= 0.3 is 0 Å². The molecule has 3 heteroatoms. The van der Waals surface area contributed by atoms with E-state index >= 15 is 0 Å². The molecule has 0 bridgehead atoms.